The summed E-state index contributed by atoms with van der Waals surface area (Å²) in [5.41, 5.74) is 0. The van der Waals surface area contributed by atoms with Gasteiger partial charge >= 0.3 is 5.97 Å². The molecule has 132 valence electrons. The third-order valence-electron chi connectivity index (χ3n) is 4.81. The molecule has 0 fully saturated rings. The van der Waals surface area contributed by atoms with E-state index in [4.69, 9.17) is 4.74 Å². The largest absolute Gasteiger partial charge is 0.469 e. The summed E-state index contributed by atoms with van der Waals surface area (Å²) < 4.78 is 4.77. The van der Waals surface area contributed by atoms with Gasteiger partial charge in [0, 0.05) is 0 Å². The Bertz CT molecular complexity index is 273. The van der Waals surface area contributed by atoms with Crippen LogP contribution in [-0.4, -0.2) is 13.1 Å². The quantitative estimate of drug-likeness (QED) is 0.376. The second kappa shape index (κ2) is 13.0. The zero-order chi connectivity index (χ0) is 17.0. The van der Waals surface area contributed by atoms with Crippen molar-refractivity contribution in [2.75, 3.05) is 7.11 Å². The molecule has 0 aromatic rings. The molecule has 3 atom stereocenters. The second-order valence-electron chi connectivity index (χ2n) is 7.82. The van der Waals surface area contributed by atoms with E-state index in [1.54, 1.807) is 0 Å². The molecule has 2 nitrogen and oxygen atoms in total. The molecule has 0 saturated carbocycles. The van der Waals surface area contributed by atoms with Gasteiger partial charge in [-0.2, -0.15) is 0 Å². The Morgan fingerprint density at radius 1 is 0.727 bits per heavy atom. The van der Waals surface area contributed by atoms with Crippen molar-refractivity contribution in [2.45, 2.75) is 92.4 Å². The fourth-order valence-corrected chi connectivity index (χ4v) is 3.07. The van der Waals surface area contributed by atoms with Gasteiger partial charge in [0.15, 0.2) is 0 Å². The molecule has 0 N–H and O–H groups in total. The fourth-order valence-electron chi connectivity index (χ4n) is 3.07. The van der Waals surface area contributed by atoms with Crippen LogP contribution < -0.4 is 0 Å². The molecule has 0 radical (unpaired) electrons. The van der Waals surface area contributed by atoms with Gasteiger partial charge in [0.2, 0.25) is 0 Å². The zero-order valence-corrected chi connectivity index (χ0v) is 16.0. The van der Waals surface area contributed by atoms with Crippen LogP contribution in [0.4, 0.5) is 0 Å². The molecule has 0 aliphatic carbocycles. The van der Waals surface area contributed by atoms with Crippen molar-refractivity contribution >= 4 is 5.97 Å². The van der Waals surface area contributed by atoms with Gasteiger partial charge in [0.1, 0.15) is 0 Å². The minimum absolute atomic E-state index is 0.0539. The number of hydrogen-bond donors (Lipinski definition) is 0. The lowest BCUT2D eigenvalue weighted by atomic mass is 9.91. The van der Waals surface area contributed by atoms with Crippen LogP contribution >= 0.6 is 0 Å². The molecule has 22 heavy (non-hydrogen) atoms. The molecule has 0 aromatic heterocycles. The monoisotopic (exact) mass is 312 g/mol. The van der Waals surface area contributed by atoms with E-state index in [-0.39, 0.29) is 11.9 Å². The SMILES string of the molecule is COC(=O)[C@H](C)CCC[C@H](C)CCC[C@@H](C)CCCC(C)C. The Hall–Kier alpha value is -0.530. The lowest BCUT2D eigenvalue weighted by Crippen LogP contribution is -2.12. The van der Waals surface area contributed by atoms with Crippen molar-refractivity contribution in [1.82, 2.24) is 0 Å². The number of ether oxygens (including phenoxy) is 1. The molecular formula is C20H40O2. The fraction of sp³-hybridized carbons (Fsp3) is 0.950. The number of hydrogen-bond acceptors (Lipinski definition) is 2. The van der Waals surface area contributed by atoms with Gasteiger partial charge in [-0.3, -0.25) is 4.79 Å². The normalized spacial score (nSPS) is 15.6. The minimum Gasteiger partial charge on any atom is -0.469 e. The maximum atomic E-state index is 11.3. The Labute approximate surface area is 139 Å². The van der Waals surface area contributed by atoms with Crippen LogP contribution in [0.3, 0.4) is 0 Å². The number of rotatable bonds is 13. The number of carbonyl (C=O) groups is 1. The maximum Gasteiger partial charge on any atom is 0.308 e. The van der Waals surface area contributed by atoms with Crippen molar-refractivity contribution in [3.8, 4) is 0 Å². The van der Waals surface area contributed by atoms with Crippen molar-refractivity contribution in [3.63, 3.8) is 0 Å². The lowest BCUT2D eigenvalue weighted by Gasteiger charge is -2.15. The van der Waals surface area contributed by atoms with Gasteiger partial charge in [0.25, 0.3) is 0 Å². The highest BCUT2D eigenvalue weighted by molar-refractivity contribution is 5.71. The van der Waals surface area contributed by atoms with Crippen molar-refractivity contribution in [1.29, 1.82) is 0 Å². The Kier molecular flexibility index (Phi) is 12.6. The van der Waals surface area contributed by atoms with Crippen molar-refractivity contribution in [3.05, 3.63) is 0 Å². The summed E-state index contributed by atoms with van der Waals surface area (Å²) in [7, 11) is 1.48. The molecule has 0 rings (SSSR count). The molecule has 0 spiro atoms. The highest BCUT2D eigenvalue weighted by Gasteiger charge is 2.13. The van der Waals surface area contributed by atoms with Gasteiger partial charge in [-0.05, 0) is 24.2 Å². The van der Waals surface area contributed by atoms with Gasteiger partial charge in [0.05, 0.1) is 13.0 Å². The first-order valence-electron chi connectivity index (χ1n) is 9.44. The summed E-state index contributed by atoms with van der Waals surface area (Å²) in [6.45, 7) is 11.4. The second-order valence-corrected chi connectivity index (χ2v) is 7.82. The predicted molar refractivity (Wildman–Crippen MR) is 95.9 cm³/mol. The van der Waals surface area contributed by atoms with E-state index in [9.17, 15) is 4.79 Å². The molecule has 0 aliphatic heterocycles. The molecular weight excluding hydrogens is 272 g/mol. The van der Waals surface area contributed by atoms with Crippen LogP contribution in [0.25, 0.3) is 0 Å². The number of methoxy groups -OCH3 is 1. The molecule has 0 amide bonds. The third kappa shape index (κ3) is 12.1. The molecule has 0 unspecified atom stereocenters. The van der Waals surface area contributed by atoms with E-state index < -0.39 is 0 Å². The summed E-state index contributed by atoms with van der Waals surface area (Å²) in [5, 5.41) is 0. The lowest BCUT2D eigenvalue weighted by molar-refractivity contribution is -0.145. The van der Waals surface area contributed by atoms with E-state index >= 15 is 0 Å². The number of carbonyl (C=O) groups excluding carboxylic acids is 1. The average molecular weight is 313 g/mol. The minimum atomic E-state index is -0.0668. The van der Waals surface area contributed by atoms with Crippen LogP contribution in [0.5, 0.6) is 0 Å². The van der Waals surface area contributed by atoms with Crippen molar-refractivity contribution in [2.24, 2.45) is 23.7 Å². The summed E-state index contributed by atoms with van der Waals surface area (Å²) in [6.07, 6.45) is 11.6. The molecule has 0 saturated heterocycles. The topological polar surface area (TPSA) is 26.3 Å². The third-order valence-corrected chi connectivity index (χ3v) is 4.81. The summed E-state index contributed by atoms with van der Waals surface area (Å²) in [6, 6.07) is 0. The average Bonchev–Trinajstić information content (AvgIpc) is 2.45. The Morgan fingerprint density at radius 3 is 1.55 bits per heavy atom. The van der Waals surface area contributed by atoms with Crippen LogP contribution in [0.15, 0.2) is 0 Å². The van der Waals surface area contributed by atoms with Crippen LogP contribution in [0, 0.1) is 23.7 Å². The summed E-state index contributed by atoms with van der Waals surface area (Å²) in [4.78, 5) is 11.3. The maximum absolute atomic E-state index is 11.3. The first-order valence-corrected chi connectivity index (χ1v) is 9.44. The van der Waals surface area contributed by atoms with Crippen LogP contribution in [-0.2, 0) is 9.53 Å². The standard InChI is InChI=1S/C20H40O2/c1-16(2)10-7-11-17(3)12-8-13-18(4)14-9-15-19(5)20(21)22-6/h16-19H,7-15H2,1-6H3/t17-,18+,19+/m0/s1. The first kappa shape index (κ1) is 21.5. The first-order chi connectivity index (χ1) is 10.4. The number of esters is 1. The smallest absolute Gasteiger partial charge is 0.308 e. The van der Waals surface area contributed by atoms with Gasteiger partial charge < -0.3 is 4.74 Å². The zero-order valence-electron chi connectivity index (χ0n) is 16.0. The highest BCUT2D eigenvalue weighted by atomic mass is 16.5. The van der Waals surface area contributed by atoms with E-state index in [1.807, 2.05) is 6.92 Å². The van der Waals surface area contributed by atoms with E-state index in [2.05, 4.69) is 27.7 Å². The summed E-state index contributed by atoms with van der Waals surface area (Å²) >= 11 is 0. The van der Waals surface area contributed by atoms with Gasteiger partial charge in [-0.25, -0.2) is 0 Å². The molecule has 0 bridgehead atoms. The van der Waals surface area contributed by atoms with Crippen LogP contribution in [0.1, 0.15) is 92.4 Å². The van der Waals surface area contributed by atoms with Crippen LogP contribution in [0.2, 0.25) is 0 Å². The van der Waals surface area contributed by atoms with Crippen molar-refractivity contribution < 1.29 is 9.53 Å². The Balaban J connectivity index is 3.56. The van der Waals surface area contributed by atoms with Gasteiger partial charge in [-0.1, -0.05) is 86.0 Å². The molecule has 0 aromatic carbocycles. The van der Waals surface area contributed by atoms with Gasteiger partial charge in [-0.15, -0.1) is 0 Å². The molecule has 2 heteroatoms. The predicted octanol–water partition coefficient (Wildman–Crippen LogP) is 6.23. The van der Waals surface area contributed by atoms with E-state index in [0.717, 1.165) is 30.6 Å². The molecule has 0 aliphatic rings. The summed E-state index contributed by atoms with van der Waals surface area (Å²) in [5.74, 6) is 2.50. The highest BCUT2D eigenvalue weighted by Crippen LogP contribution is 2.22. The molecule has 0 heterocycles. The Morgan fingerprint density at radius 2 is 1.14 bits per heavy atom. The van der Waals surface area contributed by atoms with E-state index in [0.29, 0.717) is 0 Å². The van der Waals surface area contributed by atoms with E-state index in [1.165, 1.54) is 52.1 Å².